The lowest BCUT2D eigenvalue weighted by Gasteiger charge is -2.43. The summed E-state index contributed by atoms with van der Waals surface area (Å²) >= 11 is 0. The zero-order valence-corrected chi connectivity index (χ0v) is 19.7. The van der Waals surface area contributed by atoms with E-state index in [2.05, 4.69) is 15.6 Å². The highest BCUT2D eigenvalue weighted by Crippen LogP contribution is 2.43. The van der Waals surface area contributed by atoms with Crippen LogP contribution in [0.4, 0.5) is 13.2 Å². The maximum absolute atomic E-state index is 13.4. The van der Waals surface area contributed by atoms with E-state index >= 15 is 0 Å². The number of esters is 1. The van der Waals surface area contributed by atoms with Crippen molar-refractivity contribution in [1.29, 1.82) is 0 Å². The van der Waals surface area contributed by atoms with Crippen LogP contribution in [0.1, 0.15) is 29.3 Å². The van der Waals surface area contributed by atoms with Crippen LogP contribution in [-0.2, 0) is 10.9 Å². The SMILES string of the molecule is CC[C@@H]1NC(N)=[N+]2C[C@H](OC(=O)c3ccc(-c4ccccc4C(F)(F)F)cc3)C(O)(O)[C@@]23NC(N)=N[C@@H]13. The molecule has 1 saturated heterocycles. The molecule has 196 valence electrons. The molecule has 0 bridgehead atoms. The summed E-state index contributed by atoms with van der Waals surface area (Å²) in [7, 11) is 0. The lowest BCUT2D eigenvalue weighted by atomic mass is 9.85. The Balaban J connectivity index is 1.41. The van der Waals surface area contributed by atoms with Gasteiger partial charge in [-0.1, -0.05) is 37.3 Å². The van der Waals surface area contributed by atoms with E-state index in [4.69, 9.17) is 16.2 Å². The quantitative estimate of drug-likeness (QED) is 0.191. The third-order valence-electron chi connectivity index (χ3n) is 7.17. The molecule has 0 saturated carbocycles. The minimum Gasteiger partial charge on any atom is -0.449 e. The predicted octanol–water partition coefficient (Wildman–Crippen LogP) is 0.284. The molecular formula is C24H26F3N6O4+. The molecule has 3 aliphatic heterocycles. The maximum Gasteiger partial charge on any atom is 0.417 e. The average Bonchev–Trinajstić information content (AvgIpc) is 3.32. The molecule has 2 aromatic rings. The Morgan fingerprint density at radius 3 is 2.51 bits per heavy atom. The molecule has 4 atom stereocenters. The average molecular weight is 520 g/mol. The van der Waals surface area contributed by atoms with Crippen LogP contribution in [0.15, 0.2) is 53.5 Å². The number of ether oxygens (including phenoxy) is 1. The van der Waals surface area contributed by atoms with Crippen molar-refractivity contribution < 1.29 is 37.5 Å². The number of aliphatic hydroxyl groups is 2. The summed E-state index contributed by atoms with van der Waals surface area (Å²) in [5, 5.41) is 28.5. The second-order valence-electron chi connectivity index (χ2n) is 9.25. The van der Waals surface area contributed by atoms with Gasteiger partial charge < -0.3 is 26.0 Å². The van der Waals surface area contributed by atoms with Crippen molar-refractivity contribution in [2.75, 3.05) is 6.54 Å². The van der Waals surface area contributed by atoms with Gasteiger partial charge >= 0.3 is 18.1 Å². The molecule has 0 amide bonds. The Bertz CT molecular complexity index is 1310. The summed E-state index contributed by atoms with van der Waals surface area (Å²) in [4.78, 5) is 17.3. The number of carbonyl (C=O) groups excluding carboxylic acids is 1. The highest BCUT2D eigenvalue weighted by molar-refractivity contribution is 5.90. The van der Waals surface area contributed by atoms with Gasteiger partial charge in [0.15, 0.2) is 12.1 Å². The van der Waals surface area contributed by atoms with Crippen LogP contribution < -0.4 is 22.1 Å². The summed E-state index contributed by atoms with van der Waals surface area (Å²) in [5.41, 5.74) is 9.85. The molecular weight excluding hydrogens is 493 g/mol. The summed E-state index contributed by atoms with van der Waals surface area (Å²) in [6.45, 7) is 1.69. The van der Waals surface area contributed by atoms with Crippen LogP contribution in [0.25, 0.3) is 11.1 Å². The van der Waals surface area contributed by atoms with Gasteiger partial charge in [-0.25, -0.2) is 14.4 Å². The number of halogens is 3. The molecule has 1 fully saturated rings. The van der Waals surface area contributed by atoms with Gasteiger partial charge in [-0.3, -0.25) is 11.1 Å². The van der Waals surface area contributed by atoms with E-state index < -0.39 is 41.3 Å². The second kappa shape index (κ2) is 8.35. The summed E-state index contributed by atoms with van der Waals surface area (Å²) in [6.07, 6.45) is -5.46. The third-order valence-corrected chi connectivity index (χ3v) is 7.17. The van der Waals surface area contributed by atoms with Crippen LogP contribution in [-0.4, -0.2) is 68.9 Å². The van der Waals surface area contributed by atoms with Crippen LogP contribution in [0.2, 0.25) is 0 Å². The normalized spacial score (nSPS) is 28.1. The molecule has 1 spiro atoms. The molecule has 0 aliphatic carbocycles. The van der Waals surface area contributed by atoms with Gasteiger partial charge in [0.2, 0.25) is 5.66 Å². The van der Waals surface area contributed by atoms with Crippen molar-refractivity contribution in [1.82, 2.24) is 10.6 Å². The van der Waals surface area contributed by atoms with Gasteiger partial charge in [-0.2, -0.15) is 13.2 Å². The van der Waals surface area contributed by atoms with Crippen molar-refractivity contribution >= 4 is 17.9 Å². The first-order valence-corrected chi connectivity index (χ1v) is 11.6. The largest absolute Gasteiger partial charge is 0.449 e. The first-order valence-electron chi connectivity index (χ1n) is 11.6. The number of nitrogens with one attached hydrogen (secondary N) is 2. The molecule has 13 heteroatoms. The minimum absolute atomic E-state index is 0.0135. The van der Waals surface area contributed by atoms with Crippen molar-refractivity contribution in [2.24, 2.45) is 16.5 Å². The van der Waals surface area contributed by atoms with E-state index in [-0.39, 0.29) is 41.2 Å². The molecule has 3 heterocycles. The Labute approximate surface area is 209 Å². The van der Waals surface area contributed by atoms with E-state index in [1.807, 2.05) is 6.92 Å². The highest BCUT2D eigenvalue weighted by atomic mass is 19.4. The van der Waals surface area contributed by atoms with Crippen LogP contribution in [0.5, 0.6) is 0 Å². The fourth-order valence-corrected chi connectivity index (χ4v) is 5.39. The van der Waals surface area contributed by atoms with Crippen molar-refractivity contribution in [3.63, 3.8) is 0 Å². The Kier molecular flexibility index (Phi) is 5.60. The Hall–Kier alpha value is -3.84. The standard InChI is InChI=1S/C24H25F3N6O4/c1-2-16-18-22(32-20(28)31-18)23(35,36)17(11-33(22)21(29)30-16)37-19(34)13-9-7-12(8-10-13)14-5-3-4-6-15(14)24(25,26)27/h3-10,16-18,35-36H,2,11H2,1H3,(H5,28,29,30,31,32)/p+1/t16-,17-,18-,22-/m0/s1. The van der Waals surface area contributed by atoms with Gasteiger partial charge in [0.25, 0.3) is 5.79 Å². The number of rotatable bonds is 4. The molecule has 0 radical (unpaired) electrons. The number of alkyl halides is 3. The zero-order chi connectivity index (χ0) is 26.8. The lowest BCUT2D eigenvalue weighted by Crippen LogP contribution is -2.78. The summed E-state index contributed by atoms with van der Waals surface area (Å²) < 4.78 is 47.1. The van der Waals surface area contributed by atoms with Gasteiger partial charge in [-0.05, 0) is 35.7 Å². The fourth-order valence-electron chi connectivity index (χ4n) is 5.39. The van der Waals surface area contributed by atoms with Crippen LogP contribution in [0, 0.1) is 0 Å². The summed E-state index contributed by atoms with van der Waals surface area (Å²) in [5.74, 6) is -3.42. The summed E-state index contributed by atoms with van der Waals surface area (Å²) in [6, 6.07) is 9.35. The number of hydrogen-bond donors (Lipinski definition) is 6. The zero-order valence-electron chi connectivity index (χ0n) is 19.7. The molecule has 3 aliphatic rings. The van der Waals surface area contributed by atoms with E-state index in [1.54, 1.807) is 0 Å². The maximum atomic E-state index is 13.4. The van der Waals surface area contributed by atoms with Crippen molar-refractivity contribution in [2.45, 2.75) is 49.2 Å². The van der Waals surface area contributed by atoms with Crippen LogP contribution in [0.3, 0.4) is 0 Å². The molecule has 2 aromatic carbocycles. The smallest absolute Gasteiger partial charge is 0.417 e. The van der Waals surface area contributed by atoms with Gasteiger partial charge in [-0.15, -0.1) is 0 Å². The number of hydrogen-bond acceptors (Lipinski definition) is 9. The van der Waals surface area contributed by atoms with Crippen LogP contribution >= 0.6 is 0 Å². The highest BCUT2D eigenvalue weighted by Gasteiger charge is 2.75. The third kappa shape index (κ3) is 3.68. The fraction of sp³-hybridized carbons (Fsp3) is 0.375. The molecule has 10 nitrogen and oxygen atoms in total. The van der Waals surface area contributed by atoms with Gasteiger partial charge in [0.1, 0.15) is 18.6 Å². The van der Waals surface area contributed by atoms with E-state index in [0.717, 1.165) is 6.07 Å². The topological polar surface area (TPSA) is 158 Å². The van der Waals surface area contributed by atoms with E-state index in [1.165, 1.54) is 47.0 Å². The molecule has 8 N–H and O–H groups in total. The van der Waals surface area contributed by atoms with E-state index in [0.29, 0.717) is 6.42 Å². The molecule has 0 unspecified atom stereocenters. The number of guanidine groups is 2. The Morgan fingerprint density at radius 2 is 1.86 bits per heavy atom. The minimum atomic E-state index is -4.54. The molecule has 37 heavy (non-hydrogen) atoms. The first kappa shape index (κ1) is 24.8. The van der Waals surface area contributed by atoms with E-state index in [9.17, 15) is 28.2 Å². The first-order chi connectivity index (χ1) is 17.4. The molecule has 5 rings (SSSR count). The van der Waals surface area contributed by atoms with Gasteiger partial charge in [0.05, 0.1) is 11.1 Å². The van der Waals surface area contributed by atoms with Crippen molar-refractivity contribution in [3.05, 3.63) is 59.7 Å². The second-order valence-corrected chi connectivity index (χ2v) is 9.25. The lowest BCUT2D eigenvalue weighted by molar-refractivity contribution is -0.623. The number of benzene rings is 2. The number of carbonyl (C=O) groups is 1. The predicted molar refractivity (Wildman–Crippen MR) is 126 cm³/mol. The monoisotopic (exact) mass is 519 g/mol. The van der Waals surface area contributed by atoms with Crippen molar-refractivity contribution in [3.8, 4) is 11.1 Å². The number of aliphatic imine (C=N–C) groups is 1. The molecule has 0 aromatic heterocycles. The number of nitrogens with zero attached hydrogens (tertiary/aromatic N) is 2. The Morgan fingerprint density at radius 1 is 1.19 bits per heavy atom. The number of nitrogens with two attached hydrogens (primary N) is 2. The van der Waals surface area contributed by atoms with Gasteiger partial charge in [0, 0.05) is 0 Å².